The summed E-state index contributed by atoms with van der Waals surface area (Å²) in [6.45, 7) is 0.0349. The van der Waals surface area contributed by atoms with Crippen LogP contribution in [0.15, 0.2) is 127 Å². The second-order valence-corrected chi connectivity index (χ2v) is 9.41. The molecule has 6 aromatic rings. The third-order valence-corrected chi connectivity index (χ3v) is 7.55. The van der Waals surface area contributed by atoms with Gasteiger partial charge in [-0.3, -0.25) is 0 Å². The zero-order chi connectivity index (χ0) is 22.9. The molecule has 35 heavy (non-hydrogen) atoms. The van der Waals surface area contributed by atoms with Crippen LogP contribution in [0.1, 0.15) is 0 Å². The largest absolute Gasteiger partial charge is 0.421 e. The van der Waals surface area contributed by atoms with E-state index in [2.05, 4.69) is 137 Å². The van der Waals surface area contributed by atoms with E-state index in [0.717, 1.165) is 0 Å². The number of hydrogen-bond donors (Lipinski definition) is 0. The zero-order valence-corrected chi connectivity index (χ0v) is 19.1. The number of fused-ring (bicyclic) bond motifs is 11. The molecule has 6 aromatic carbocycles. The van der Waals surface area contributed by atoms with E-state index in [4.69, 9.17) is 0 Å². The molecule has 0 aromatic heterocycles. The van der Waals surface area contributed by atoms with E-state index in [0.29, 0.717) is 0 Å². The SMILES string of the molecule is c1ccc(N2B3c4cc5ccccc5cc4-c4ccccc4N3c3c2ccc2ccccc32)cc1. The highest BCUT2D eigenvalue weighted by molar-refractivity contribution is 6.87. The molecular formula is C32H21BN2. The van der Waals surface area contributed by atoms with Crippen molar-refractivity contribution in [2.24, 2.45) is 0 Å². The Morgan fingerprint density at radius 2 is 1.14 bits per heavy atom. The number of para-hydroxylation sites is 2. The van der Waals surface area contributed by atoms with E-state index in [1.54, 1.807) is 0 Å². The molecule has 0 radical (unpaired) electrons. The molecule has 0 amide bonds. The van der Waals surface area contributed by atoms with Gasteiger partial charge in [-0.2, -0.15) is 0 Å². The van der Waals surface area contributed by atoms with E-state index >= 15 is 0 Å². The first-order chi connectivity index (χ1) is 17.4. The quantitative estimate of drug-likeness (QED) is 0.240. The smallest absolute Gasteiger partial charge is 0.360 e. The number of rotatable bonds is 1. The summed E-state index contributed by atoms with van der Waals surface area (Å²) in [4.78, 5) is 5.09. The summed E-state index contributed by atoms with van der Waals surface area (Å²) >= 11 is 0. The molecule has 0 N–H and O–H groups in total. The fourth-order valence-electron chi connectivity index (χ4n) is 6.08. The average molecular weight is 444 g/mol. The topological polar surface area (TPSA) is 6.48 Å². The van der Waals surface area contributed by atoms with Crippen LogP contribution in [0.5, 0.6) is 0 Å². The summed E-state index contributed by atoms with van der Waals surface area (Å²) in [5.41, 5.74) is 8.94. The molecule has 0 saturated carbocycles. The van der Waals surface area contributed by atoms with E-state index < -0.39 is 0 Å². The van der Waals surface area contributed by atoms with Gasteiger partial charge < -0.3 is 9.62 Å². The number of nitrogens with zero attached hydrogens (tertiary/aromatic N) is 2. The third kappa shape index (κ3) is 2.55. The van der Waals surface area contributed by atoms with Crippen LogP contribution in [0.3, 0.4) is 0 Å². The summed E-state index contributed by atoms with van der Waals surface area (Å²) in [7, 11) is 0. The molecule has 3 heteroatoms. The highest BCUT2D eigenvalue weighted by Gasteiger charge is 2.48. The fourth-order valence-corrected chi connectivity index (χ4v) is 6.08. The first kappa shape index (κ1) is 18.9. The molecule has 0 bridgehead atoms. The highest BCUT2D eigenvalue weighted by atomic mass is 15.3. The van der Waals surface area contributed by atoms with Crippen LogP contribution in [0, 0.1) is 0 Å². The lowest BCUT2D eigenvalue weighted by Gasteiger charge is -2.36. The molecule has 2 nitrogen and oxygen atoms in total. The van der Waals surface area contributed by atoms with Crippen LogP contribution in [-0.2, 0) is 0 Å². The summed E-state index contributed by atoms with van der Waals surface area (Å²) in [5.74, 6) is 0. The van der Waals surface area contributed by atoms with Gasteiger partial charge in [0, 0.05) is 22.3 Å². The first-order valence-electron chi connectivity index (χ1n) is 12.2. The minimum atomic E-state index is 0.0349. The van der Waals surface area contributed by atoms with Crippen molar-refractivity contribution >= 4 is 56.7 Å². The third-order valence-electron chi connectivity index (χ3n) is 7.55. The lowest BCUT2D eigenvalue weighted by atomic mass is 9.59. The van der Waals surface area contributed by atoms with Crippen LogP contribution in [-0.4, -0.2) is 6.98 Å². The molecule has 2 aliphatic heterocycles. The summed E-state index contributed by atoms with van der Waals surface area (Å²) in [6.07, 6.45) is 0. The molecule has 0 saturated heterocycles. The summed E-state index contributed by atoms with van der Waals surface area (Å²) in [5, 5.41) is 5.11. The predicted octanol–water partition coefficient (Wildman–Crippen LogP) is 7.66. The van der Waals surface area contributed by atoms with Crippen molar-refractivity contribution < 1.29 is 0 Å². The Hall–Kier alpha value is -4.50. The molecule has 0 spiro atoms. The molecule has 2 aliphatic rings. The standard InChI is InChI=1S/C32H21BN2/c1-2-13-25(14-3-1)34-31-19-18-22-10-6-7-15-26(22)32(31)35-30-17-9-8-16-27(30)28-20-23-11-4-5-12-24(23)21-29(28)33(34)35/h1-21H. The molecule has 0 aliphatic carbocycles. The Morgan fingerprint density at radius 3 is 2.00 bits per heavy atom. The van der Waals surface area contributed by atoms with Crippen molar-refractivity contribution in [3.8, 4) is 11.1 Å². The maximum Gasteiger partial charge on any atom is 0.421 e. The van der Waals surface area contributed by atoms with E-state index in [9.17, 15) is 0 Å². The monoisotopic (exact) mass is 444 g/mol. The minimum Gasteiger partial charge on any atom is -0.360 e. The van der Waals surface area contributed by atoms with Crippen LogP contribution < -0.4 is 15.1 Å². The van der Waals surface area contributed by atoms with Crippen molar-refractivity contribution in [2.45, 2.75) is 0 Å². The van der Waals surface area contributed by atoms with E-state index in [1.807, 2.05) is 0 Å². The molecule has 162 valence electrons. The van der Waals surface area contributed by atoms with Crippen LogP contribution in [0.25, 0.3) is 32.7 Å². The van der Waals surface area contributed by atoms with Crippen molar-refractivity contribution in [1.29, 1.82) is 0 Å². The van der Waals surface area contributed by atoms with Gasteiger partial charge in [-0.25, -0.2) is 0 Å². The molecule has 0 unspecified atom stereocenters. The predicted molar refractivity (Wildman–Crippen MR) is 149 cm³/mol. The van der Waals surface area contributed by atoms with Crippen molar-refractivity contribution in [2.75, 3.05) is 9.62 Å². The Bertz CT molecular complexity index is 1780. The van der Waals surface area contributed by atoms with Crippen LogP contribution >= 0.6 is 0 Å². The van der Waals surface area contributed by atoms with Gasteiger partial charge in [0.15, 0.2) is 0 Å². The van der Waals surface area contributed by atoms with Crippen molar-refractivity contribution in [3.63, 3.8) is 0 Å². The van der Waals surface area contributed by atoms with Gasteiger partial charge in [0.2, 0.25) is 0 Å². The van der Waals surface area contributed by atoms with Gasteiger partial charge in [0.05, 0.1) is 11.4 Å². The normalized spacial score (nSPS) is 13.5. The molecule has 2 heterocycles. The van der Waals surface area contributed by atoms with Gasteiger partial charge in [0.25, 0.3) is 0 Å². The molecular weight excluding hydrogens is 423 g/mol. The number of hydrogen-bond acceptors (Lipinski definition) is 2. The summed E-state index contributed by atoms with van der Waals surface area (Å²) < 4.78 is 0. The van der Waals surface area contributed by atoms with Crippen LogP contribution in [0.4, 0.5) is 22.7 Å². The fraction of sp³-hybridized carbons (Fsp3) is 0. The Kier molecular flexibility index (Phi) is 3.78. The lowest BCUT2D eigenvalue weighted by Crippen LogP contribution is -2.55. The van der Waals surface area contributed by atoms with E-state index in [1.165, 1.54) is 60.9 Å². The lowest BCUT2D eigenvalue weighted by molar-refractivity contribution is 1.38. The minimum absolute atomic E-state index is 0.0349. The average Bonchev–Trinajstić information content (AvgIpc) is 3.29. The van der Waals surface area contributed by atoms with E-state index in [-0.39, 0.29) is 6.98 Å². The first-order valence-corrected chi connectivity index (χ1v) is 12.2. The maximum atomic E-state index is 2.57. The van der Waals surface area contributed by atoms with Gasteiger partial charge in [-0.15, -0.1) is 0 Å². The maximum absolute atomic E-state index is 2.57. The molecule has 0 atom stereocenters. The highest BCUT2D eigenvalue weighted by Crippen LogP contribution is 2.53. The Labute approximate surface area is 204 Å². The second-order valence-electron chi connectivity index (χ2n) is 9.41. The van der Waals surface area contributed by atoms with Gasteiger partial charge in [-0.05, 0) is 57.5 Å². The molecule has 0 fully saturated rings. The number of anilines is 4. The Balaban J connectivity index is 1.52. The van der Waals surface area contributed by atoms with Gasteiger partial charge in [0.1, 0.15) is 0 Å². The van der Waals surface area contributed by atoms with Crippen molar-refractivity contribution in [3.05, 3.63) is 127 Å². The Morgan fingerprint density at radius 1 is 0.457 bits per heavy atom. The molecule has 8 rings (SSSR count). The van der Waals surface area contributed by atoms with Gasteiger partial charge in [-0.1, -0.05) is 97.1 Å². The summed E-state index contributed by atoms with van der Waals surface area (Å²) in [6, 6.07) is 46.5. The second kappa shape index (κ2) is 7.00. The van der Waals surface area contributed by atoms with Crippen LogP contribution in [0.2, 0.25) is 0 Å². The van der Waals surface area contributed by atoms with Gasteiger partial charge >= 0.3 is 6.98 Å². The van der Waals surface area contributed by atoms with Crippen molar-refractivity contribution in [1.82, 2.24) is 0 Å². The zero-order valence-electron chi connectivity index (χ0n) is 19.1. The number of benzene rings is 6.